The molecule has 1 saturated heterocycles. The van der Waals surface area contributed by atoms with Crippen LogP contribution in [-0.4, -0.2) is 25.7 Å². The molecule has 0 radical (unpaired) electrons. The van der Waals surface area contributed by atoms with E-state index in [9.17, 15) is 4.79 Å². The summed E-state index contributed by atoms with van der Waals surface area (Å²) in [7, 11) is 0. The Kier molecular flexibility index (Phi) is 3.36. The van der Waals surface area contributed by atoms with Gasteiger partial charge in [-0.05, 0) is 38.8 Å². The summed E-state index contributed by atoms with van der Waals surface area (Å²) in [5, 5.41) is 3.27. The zero-order chi connectivity index (χ0) is 8.10. The number of nitrogens with one attached hydrogen (secondary N) is 1. The van der Waals surface area contributed by atoms with Crippen molar-refractivity contribution >= 4 is 6.47 Å². The monoisotopic (exact) mass is 157 g/mol. The number of piperidine rings is 1. The SMILES string of the molecule is CC(OC=O)C1CCNCC1. The van der Waals surface area contributed by atoms with Crippen LogP contribution in [0, 0.1) is 5.92 Å². The van der Waals surface area contributed by atoms with Gasteiger partial charge < -0.3 is 10.1 Å². The molecule has 0 bridgehead atoms. The first-order chi connectivity index (χ1) is 5.34. The van der Waals surface area contributed by atoms with E-state index in [1.165, 1.54) is 0 Å². The van der Waals surface area contributed by atoms with Crippen molar-refractivity contribution in [2.45, 2.75) is 25.9 Å². The van der Waals surface area contributed by atoms with Gasteiger partial charge in [-0.25, -0.2) is 0 Å². The third-order valence-electron chi connectivity index (χ3n) is 2.32. The molecule has 1 atom stereocenters. The molecule has 1 aliphatic rings. The van der Waals surface area contributed by atoms with Crippen molar-refractivity contribution in [1.29, 1.82) is 0 Å². The average molecular weight is 157 g/mol. The fourth-order valence-corrected chi connectivity index (χ4v) is 1.51. The maximum Gasteiger partial charge on any atom is 0.293 e. The molecule has 1 aliphatic heterocycles. The second kappa shape index (κ2) is 4.34. The second-order valence-electron chi connectivity index (χ2n) is 3.02. The summed E-state index contributed by atoms with van der Waals surface area (Å²) < 4.78 is 4.87. The molecule has 0 aromatic heterocycles. The Bertz CT molecular complexity index is 121. The van der Waals surface area contributed by atoms with Gasteiger partial charge in [0.15, 0.2) is 0 Å². The Labute approximate surface area is 67.1 Å². The molecule has 1 heterocycles. The molecule has 1 unspecified atom stereocenters. The van der Waals surface area contributed by atoms with E-state index in [1.54, 1.807) is 0 Å². The fraction of sp³-hybridized carbons (Fsp3) is 0.875. The Morgan fingerprint density at radius 2 is 2.18 bits per heavy atom. The van der Waals surface area contributed by atoms with Crippen LogP contribution in [0.1, 0.15) is 19.8 Å². The van der Waals surface area contributed by atoms with Crippen LogP contribution in [0.25, 0.3) is 0 Å². The van der Waals surface area contributed by atoms with Crippen molar-refractivity contribution in [1.82, 2.24) is 5.32 Å². The summed E-state index contributed by atoms with van der Waals surface area (Å²) in [6.07, 6.45) is 2.33. The third kappa shape index (κ3) is 2.50. The molecule has 11 heavy (non-hydrogen) atoms. The lowest BCUT2D eigenvalue weighted by molar-refractivity contribution is -0.135. The van der Waals surface area contributed by atoms with Crippen molar-refractivity contribution in [2.75, 3.05) is 13.1 Å². The van der Waals surface area contributed by atoms with Gasteiger partial charge in [-0.1, -0.05) is 0 Å². The topological polar surface area (TPSA) is 38.3 Å². The lowest BCUT2D eigenvalue weighted by atomic mass is 9.93. The molecule has 1 N–H and O–H groups in total. The van der Waals surface area contributed by atoms with E-state index < -0.39 is 0 Å². The van der Waals surface area contributed by atoms with Crippen LogP contribution in [-0.2, 0) is 9.53 Å². The maximum atomic E-state index is 10.0. The zero-order valence-corrected chi connectivity index (χ0v) is 6.88. The normalized spacial score (nSPS) is 22.6. The van der Waals surface area contributed by atoms with E-state index in [4.69, 9.17) is 4.74 Å². The lowest BCUT2D eigenvalue weighted by Gasteiger charge is -2.26. The standard InChI is InChI=1S/C8H15NO2/c1-7(11-6-10)8-2-4-9-5-3-8/h6-9H,2-5H2,1H3. The Morgan fingerprint density at radius 3 is 2.73 bits per heavy atom. The first kappa shape index (κ1) is 8.53. The van der Waals surface area contributed by atoms with Crippen LogP contribution in [0.3, 0.4) is 0 Å². The molecule has 64 valence electrons. The molecule has 3 heteroatoms. The van der Waals surface area contributed by atoms with Gasteiger partial charge >= 0.3 is 0 Å². The number of hydrogen-bond acceptors (Lipinski definition) is 3. The van der Waals surface area contributed by atoms with Gasteiger partial charge in [0.2, 0.25) is 0 Å². The summed E-state index contributed by atoms with van der Waals surface area (Å²) >= 11 is 0. The van der Waals surface area contributed by atoms with E-state index in [0.717, 1.165) is 25.9 Å². The van der Waals surface area contributed by atoms with E-state index >= 15 is 0 Å². The molecular formula is C8H15NO2. The fourth-order valence-electron chi connectivity index (χ4n) is 1.51. The summed E-state index contributed by atoms with van der Waals surface area (Å²) in [6.45, 7) is 4.62. The van der Waals surface area contributed by atoms with Gasteiger partial charge in [-0.15, -0.1) is 0 Å². The van der Waals surface area contributed by atoms with Crippen molar-refractivity contribution < 1.29 is 9.53 Å². The number of hydrogen-bond donors (Lipinski definition) is 1. The van der Waals surface area contributed by atoms with E-state index in [0.29, 0.717) is 12.4 Å². The molecule has 1 fully saturated rings. The predicted molar refractivity (Wildman–Crippen MR) is 42.2 cm³/mol. The Hall–Kier alpha value is -0.570. The third-order valence-corrected chi connectivity index (χ3v) is 2.32. The highest BCUT2D eigenvalue weighted by Gasteiger charge is 2.20. The highest BCUT2D eigenvalue weighted by Crippen LogP contribution is 2.17. The van der Waals surface area contributed by atoms with Gasteiger partial charge in [0.1, 0.15) is 6.10 Å². The molecule has 1 rings (SSSR count). The Morgan fingerprint density at radius 1 is 1.55 bits per heavy atom. The van der Waals surface area contributed by atoms with Crippen LogP contribution < -0.4 is 5.32 Å². The molecular weight excluding hydrogens is 142 g/mol. The van der Waals surface area contributed by atoms with Crippen LogP contribution in [0.2, 0.25) is 0 Å². The Balaban J connectivity index is 2.26. The van der Waals surface area contributed by atoms with Crippen molar-refractivity contribution in [3.05, 3.63) is 0 Å². The van der Waals surface area contributed by atoms with Gasteiger partial charge in [-0.3, -0.25) is 4.79 Å². The molecule has 3 nitrogen and oxygen atoms in total. The number of carbonyl (C=O) groups excluding carboxylic acids is 1. The van der Waals surface area contributed by atoms with E-state index in [-0.39, 0.29) is 6.10 Å². The molecule has 0 amide bonds. The second-order valence-corrected chi connectivity index (χ2v) is 3.02. The average Bonchev–Trinajstić information content (AvgIpc) is 2.07. The largest absolute Gasteiger partial charge is 0.465 e. The summed E-state index contributed by atoms with van der Waals surface area (Å²) in [5.74, 6) is 0.557. The van der Waals surface area contributed by atoms with Crippen LogP contribution in [0.5, 0.6) is 0 Å². The first-order valence-electron chi connectivity index (χ1n) is 4.14. The van der Waals surface area contributed by atoms with Crippen molar-refractivity contribution in [3.63, 3.8) is 0 Å². The van der Waals surface area contributed by atoms with Gasteiger partial charge in [-0.2, -0.15) is 0 Å². The van der Waals surface area contributed by atoms with E-state index in [1.807, 2.05) is 6.92 Å². The smallest absolute Gasteiger partial charge is 0.293 e. The van der Waals surface area contributed by atoms with Crippen LogP contribution in [0.4, 0.5) is 0 Å². The van der Waals surface area contributed by atoms with Gasteiger partial charge in [0.05, 0.1) is 0 Å². The summed E-state index contributed by atoms with van der Waals surface area (Å²) in [4.78, 5) is 10.0. The van der Waals surface area contributed by atoms with Crippen LogP contribution >= 0.6 is 0 Å². The van der Waals surface area contributed by atoms with Gasteiger partial charge in [0.25, 0.3) is 6.47 Å². The number of ether oxygens (including phenoxy) is 1. The molecule has 0 saturated carbocycles. The molecule has 0 aliphatic carbocycles. The predicted octanol–water partition coefficient (Wildman–Crippen LogP) is 0.547. The molecule has 0 aromatic rings. The molecule has 0 spiro atoms. The minimum atomic E-state index is 0.0922. The summed E-state index contributed by atoms with van der Waals surface area (Å²) in [6, 6.07) is 0. The highest BCUT2D eigenvalue weighted by molar-refractivity contribution is 5.37. The summed E-state index contributed by atoms with van der Waals surface area (Å²) in [5.41, 5.74) is 0. The zero-order valence-electron chi connectivity index (χ0n) is 6.88. The van der Waals surface area contributed by atoms with Crippen LogP contribution in [0.15, 0.2) is 0 Å². The maximum absolute atomic E-state index is 10.0. The first-order valence-corrected chi connectivity index (χ1v) is 4.14. The van der Waals surface area contributed by atoms with Crippen molar-refractivity contribution in [2.24, 2.45) is 5.92 Å². The lowest BCUT2D eigenvalue weighted by Crippen LogP contribution is -2.33. The number of rotatable bonds is 3. The quantitative estimate of drug-likeness (QED) is 0.608. The minimum absolute atomic E-state index is 0.0922. The minimum Gasteiger partial charge on any atom is -0.465 e. The van der Waals surface area contributed by atoms with E-state index in [2.05, 4.69) is 5.32 Å². The van der Waals surface area contributed by atoms with Crippen molar-refractivity contribution in [3.8, 4) is 0 Å². The highest BCUT2D eigenvalue weighted by atomic mass is 16.5. The van der Waals surface area contributed by atoms with Gasteiger partial charge in [0, 0.05) is 0 Å². The molecule has 0 aromatic carbocycles. The number of carbonyl (C=O) groups is 1.